The van der Waals surface area contributed by atoms with E-state index in [4.69, 9.17) is 4.84 Å². The smallest absolute Gasteiger partial charge is 0.162 e. The number of aryl methyl sites for hydroxylation is 2. The van der Waals surface area contributed by atoms with E-state index in [1.54, 1.807) is 12.3 Å². The maximum absolute atomic E-state index is 11.8. The van der Waals surface area contributed by atoms with E-state index < -0.39 is 15.4 Å². The van der Waals surface area contributed by atoms with Crippen molar-refractivity contribution >= 4 is 32.3 Å². The van der Waals surface area contributed by atoms with Crippen LogP contribution in [0.25, 0.3) is 16.7 Å². The third-order valence-electron chi connectivity index (χ3n) is 5.74. The van der Waals surface area contributed by atoms with Crippen LogP contribution < -0.4 is 10.8 Å². The lowest BCUT2D eigenvalue weighted by Gasteiger charge is -2.26. The molecular weight excluding hydrogens is 410 g/mol. The molecule has 2 aromatic rings. The third-order valence-corrected chi connectivity index (χ3v) is 7.45. The molecule has 4 heterocycles. The fourth-order valence-corrected chi connectivity index (χ4v) is 5.44. The number of fused-ring (bicyclic) bond motifs is 1. The van der Waals surface area contributed by atoms with Crippen LogP contribution in [0.2, 0.25) is 0 Å². The molecule has 0 amide bonds. The SMILES string of the molecule is CCn1nc(C)c2c(NC3CCS(=O)(=O)CC3)c(C3=CC(CO)(CO)ON3)cnc21. The minimum atomic E-state index is -2.97. The number of aliphatic hydroxyl groups is 2. The number of anilines is 1. The van der Waals surface area contributed by atoms with Gasteiger partial charge in [0, 0.05) is 24.3 Å². The van der Waals surface area contributed by atoms with Crippen molar-refractivity contribution < 1.29 is 23.5 Å². The zero-order valence-electron chi connectivity index (χ0n) is 17.1. The van der Waals surface area contributed by atoms with Crippen molar-refractivity contribution in [2.75, 3.05) is 30.0 Å². The Morgan fingerprint density at radius 1 is 1.33 bits per heavy atom. The summed E-state index contributed by atoms with van der Waals surface area (Å²) in [5, 5.41) is 28.2. The van der Waals surface area contributed by atoms with Crippen LogP contribution in [0, 0.1) is 6.92 Å². The van der Waals surface area contributed by atoms with Crippen molar-refractivity contribution in [3.63, 3.8) is 0 Å². The average Bonchev–Trinajstić information content (AvgIpc) is 3.31. The first-order valence-electron chi connectivity index (χ1n) is 10.0. The minimum absolute atomic E-state index is 0.00869. The van der Waals surface area contributed by atoms with Gasteiger partial charge >= 0.3 is 0 Å². The highest BCUT2D eigenvalue weighted by atomic mass is 32.2. The molecule has 2 aromatic heterocycles. The molecule has 164 valence electrons. The van der Waals surface area contributed by atoms with Crippen molar-refractivity contribution in [2.45, 2.75) is 44.9 Å². The van der Waals surface area contributed by atoms with Crippen LogP contribution in [-0.4, -0.2) is 69.8 Å². The number of nitrogens with one attached hydrogen (secondary N) is 2. The van der Waals surface area contributed by atoms with E-state index in [0.29, 0.717) is 30.6 Å². The Labute approximate surface area is 174 Å². The maximum atomic E-state index is 11.8. The Morgan fingerprint density at radius 2 is 2.03 bits per heavy atom. The predicted molar refractivity (Wildman–Crippen MR) is 112 cm³/mol. The monoisotopic (exact) mass is 437 g/mol. The molecular formula is C19H27N5O5S. The van der Waals surface area contributed by atoms with Gasteiger partial charge in [0.1, 0.15) is 9.84 Å². The van der Waals surface area contributed by atoms with Gasteiger partial charge in [-0.15, -0.1) is 0 Å². The number of hydrogen-bond acceptors (Lipinski definition) is 9. The van der Waals surface area contributed by atoms with E-state index in [0.717, 1.165) is 22.4 Å². The fraction of sp³-hybridized carbons (Fsp3) is 0.579. The quantitative estimate of drug-likeness (QED) is 0.504. The van der Waals surface area contributed by atoms with E-state index >= 15 is 0 Å². The van der Waals surface area contributed by atoms with Crippen molar-refractivity contribution in [3.8, 4) is 0 Å². The molecule has 0 aromatic carbocycles. The van der Waals surface area contributed by atoms with Crippen molar-refractivity contribution in [2.24, 2.45) is 0 Å². The molecule has 2 aliphatic rings. The number of nitrogens with zero attached hydrogens (tertiary/aromatic N) is 3. The van der Waals surface area contributed by atoms with Gasteiger partial charge < -0.3 is 15.5 Å². The van der Waals surface area contributed by atoms with Crippen molar-refractivity contribution in [1.82, 2.24) is 20.2 Å². The second-order valence-electron chi connectivity index (χ2n) is 7.86. The van der Waals surface area contributed by atoms with Crippen molar-refractivity contribution in [3.05, 3.63) is 23.5 Å². The van der Waals surface area contributed by atoms with Crippen LogP contribution in [0.3, 0.4) is 0 Å². The normalized spacial score (nSPS) is 20.9. The summed E-state index contributed by atoms with van der Waals surface area (Å²) >= 11 is 0. The van der Waals surface area contributed by atoms with Gasteiger partial charge in [0.2, 0.25) is 0 Å². The first-order chi connectivity index (χ1) is 14.3. The molecule has 0 radical (unpaired) electrons. The third kappa shape index (κ3) is 3.66. The van der Waals surface area contributed by atoms with Gasteiger partial charge in [0.25, 0.3) is 0 Å². The number of aromatic nitrogens is 3. The highest BCUT2D eigenvalue weighted by Gasteiger charge is 2.36. The molecule has 2 aliphatic heterocycles. The van der Waals surface area contributed by atoms with E-state index in [1.807, 2.05) is 18.5 Å². The molecule has 0 unspecified atom stereocenters. The Kier molecular flexibility index (Phi) is 5.47. The molecule has 1 fully saturated rings. The molecule has 30 heavy (non-hydrogen) atoms. The number of hydrogen-bond donors (Lipinski definition) is 4. The zero-order chi connectivity index (χ0) is 21.5. The number of aliphatic hydroxyl groups excluding tert-OH is 2. The molecule has 0 bridgehead atoms. The van der Waals surface area contributed by atoms with Gasteiger partial charge in [-0.25, -0.2) is 18.1 Å². The van der Waals surface area contributed by atoms with E-state index in [1.165, 1.54) is 0 Å². The summed E-state index contributed by atoms with van der Waals surface area (Å²) in [5.41, 5.74) is 5.19. The lowest BCUT2D eigenvalue weighted by molar-refractivity contribution is -0.0922. The second-order valence-corrected chi connectivity index (χ2v) is 10.2. The van der Waals surface area contributed by atoms with E-state index in [9.17, 15) is 18.6 Å². The largest absolute Gasteiger partial charge is 0.393 e. The summed E-state index contributed by atoms with van der Waals surface area (Å²) < 4.78 is 25.5. The van der Waals surface area contributed by atoms with Crippen molar-refractivity contribution in [1.29, 1.82) is 0 Å². The van der Waals surface area contributed by atoms with E-state index in [-0.39, 0.29) is 30.8 Å². The highest BCUT2D eigenvalue weighted by molar-refractivity contribution is 7.91. The fourth-order valence-electron chi connectivity index (χ4n) is 3.95. The highest BCUT2D eigenvalue weighted by Crippen LogP contribution is 2.36. The minimum Gasteiger partial charge on any atom is -0.393 e. The Hall–Kier alpha value is -2.21. The predicted octanol–water partition coefficient (Wildman–Crippen LogP) is 0.348. The van der Waals surface area contributed by atoms with Gasteiger partial charge in [-0.2, -0.15) is 5.10 Å². The maximum Gasteiger partial charge on any atom is 0.162 e. The lowest BCUT2D eigenvalue weighted by Crippen LogP contribution is -2.37. The summed E-state index contributed by atoms with van der Waals surface area (Å²) in [7, 11) is -2.97. The van der Waals surface area contributed by atoms with Crippen LogP contribution in [0.5, 0.6) is 0 Å². The average molecular weight is 438 g/mol. The Bertz CT molecular complexity index is 1080. The van der Waals surface area contributed by atoms with Crippen LogP contribution in [0.1, 0.15) is 31.0 Å². The molecule has 0 atom stereocenters. The second kappa shape index (κ2) is 7.80. The number of pyridine rings is 1. The van der Waals surface area contributed by atoms with Gasteiger partial charge in [0.05, 0.1) is 47.2 Å². The molecule has 10 nitrogen and oxygen atoms in total. The molecule has 0 spiro atoms. The Balaban J connectivity index is 1.81. The summed E-state index contributed by atoms with van der Waals surface area (Å²) in [6.07, 6.45) is 4.38. The first-order valence-corrected chi connectivity index (χ1v) is 11.9. The molecule has 1 saturated heterocycles. The van der Waals surface area contributed by atoms with Gasteiger partial charge in [-0.05, 0) is 32.8 Å². The molecule has 11 heteroatoms. The molecule has 0 aliphatic carbocycles. The first kappa shape index (κ1) is 21.0. The van der Waals surface area contributed by atoms with Crippen LogP contribution >= 0.6 is 0 Å². The lowest BCUT2D eigenvalue weighted by atomic mass is 10.0. The van der Waals surface area contributed by atoms with Crippen LogP contribution in [0.4, 0.5) is 5.69 Å². The Morgan fingerprint density at radius 3 is 2.63 bits per heavy atom. The standard InChI is InChI=1S/C19H27N5O5S/c1-3-24-18-16(12(2)22-24)17(21-13-4-6-30(27,28)7-5-13)14(9-20-18)15-8-19(10-25,11-26)29-23-15/h8-9,13,23,25-26H,3-7,10-11H2,1-2H3,(H,20,21). The molecule has 0 saturated carbocycles. The van der Waals surface area contributed by atoms with E-state index in [2.05, 4.69) is 20.9 Å². The van der Waals surface area contributed by atoms with Gasteiger partial charge in [-0.3, -0.25) is 10.3 Å². The molecule has 4 N–H and O–H groups in total. The van der Waals surface area contributed by atoms with Crippen LogP contribution in [-0.2, 0) is 21.2 Å². The van der Waals surface area contributed by atoms with Crippen LogP contribution in [0.15, 0.2) is 12.3 Å². The summed E-state index contributed by atoms with van der Waals surface area (Å²) in [6, 6.07) is -0.00869. The van der Waals surface area contributed by atoms with Gasteiger partial charge in [-0.1, -0.05) is 0 Å². The van der Waals surface area contributed by atoms with Gasteiger partial charge in [0.15, 0.2) is 11.2 Å². The summed E-state index contributed by atoms with van der Waals surface area (Å²) in [6.45, 7) is 3.80. The zero-order valence-corrected chi connectivity index (χ0v) is 17.9. The number of sulfone groups is 1. The number of hydroxylamine groups is 1. The summed E-state index contributed by atoms with van der Waals surface area (Å²) in [5.74, 6) is 0.313. The molecule has 4 rings (SSSR count). The number of rotatable bonds is 6. The summed E-state index contributed by atoms with van der Waals surface area (Å²) in [4.78, 5) is 10.0. The topological polar surface area (TPSA) is 139 Å².